The van der Waals surface area contributed by atoms with Crippen molar-refractivity contribution in [1.82, 2.24) is 19.5 Å². The molecule has 2 heterocycles. The molecule has 1 aliphatic carbocycles. The number of ether oxygens (including phenoxy) is 1. The number of hydrogen-bond donors (Lipinski definition) is 1. The Labute approximate surface area is 159 Å². The summed E-state index contributed by atoms with van der Waals surface area (Å²) in [5.74, 6) is -0.580. The number of hydrogen-bond acceptors (Lipinski definition) is 6. The molecule has 142 valence electrons. The minimum absolute atomic E-state index is 0.000746. The van der Waals surface area contributed by atoms with Crippen molar-refractivity contribution in [2.75, 3.05) is 5.32 Å². The van der Waals surface area contributed by atoms with Crippen LogP contribution in [0, 0.1) is 5.82 Å². The van der Waals surface area contributed by atoms with Crippen LogP contribution in [0.1, 0.15) is 24.5 Å². The van der Waals surface area contributed by atoms with Crippen molar-refractivity contribution in [3.05, 3.63) is 70.9 Å². The highest BCUT2D eigenvalue weighted by Crippen LogP contribution is 2.38. The highest BCUT2D eigenvalue weighted by Gasteiger charge is 2.25. The lowest BCUT2D eigenvalue weighted by Gasteiger charge is -2.08. The monoisotopic (exact) mass is 381 g/mol. The van der Waals surface area contributed by atoms with Crippen LogP contribution < -0.4 is 15.6 Å². The maximum Gasteiger partial charge on any atom is 0.322 e. The zero-order valence-corrected chi connectivity index (χ0v) is 14.7. The van der Waals surface area contributed by atoms with Gasteiger partial charge in [-0.15, -0.1) is 0 Å². The Morgan fingerprint density at radius 2 is 1.96 bits per heavy atom. The summed E-state index contributed by atoms with van der Waals surface area (Å²) in [6, 6.07) is 7.30. The number of anilines is 1. The average molecular weight is 381 g/mol. The molecule has 1 aromatic carbocycles. The Hall–Kier alpha value is -3.62. The molecule has 0 aliphatic heterocycles. The van der Waals surface area contributed by atoms with Crippen molar-refractivity contribution in [1.29, 1.82) is 0 Å². The van der Waals surface area contributed by atoms with Crippen LogP contribution in [0.2, 0.25) is 0 Å². The number of rotatable bonds is 6. The smallest absolute Gasteiger partial charge is 0.322 e. The third-order valence-electron chi connectivity index (χ3n) is 4.16. The van der Waals surface area contributed by atoms with Gasteiger partial charge in [0.15, 0.2) is 11.6 Å². The first kappa shape index (κ1) is 17.8. The molecule has 28 heavy (non-hydrogen) atoms. The molecule has 3 aromatic rings. The van der Waals surface area contributed by atoms with Crippen molar-refractivity contribution in [3.8, 4) is 11.8 Å². The number of carbonyl (C=O) groups excluding carboxylic acids is 1. The molecule has 0 unspecified atom stereocenters. The van der Waals surface area contributed by atoms with Gasteiger partial charge < -0.3 is 10.1 Å². The van der Waals surface area contributed by atoms with E-state index in [4.69, 9.17) is 4.74 Å². The summed E-state index contributed by atoms with van der Waals surface area (Å²) in [5, 5.41) is 2.59. The molecule has 1 amide bonds. The Bertz CT molecular complexity index is 1060. The molecule has 0 spiro atoms. The SMILES string of the molecule is O=C(Cn1cnc(C2CC2)cc1=O)Nc1cnc(Oc2ccccc2F)nc1. The number of aromatic nitrogens is 4. The van der Waals surface area contributed by atoms with Gasteiger partial charge in [-0.3, -0.25) is 14.2 Å². The molecule has 0 bridgehead atoms. The molecule has 8 nitrogen and oxygen atoms in total. The van der Waals surface area contributed by atoms with Crippen molar-refractivity contribution in [3.63, 3.8) is 0 Å². The van der Waals surface area contributed by atoms with Crippen LogP contribution >= 0.6 is 0 Å². The topological polar surface area (TPSA) is 99.0 Å². The van der Waals surface area contributed by atoms with E-state index < -0.39 is 11.7 Å². The Kier molecular flexibility index (Phi) is 4.79. The van der Waals surface area contributed by atoms with Gasteiger partial charge in [-0.05, 0) is 25.0 Å². The van der Waals surface area contributed by atoms with Crippen molar-refractivity contribution < 1.29 is 13.9 Å². The van der Waals surface area contributed by atoms with Gasteiger partial charge >= 0.3 is 6.01 Å². The number of halogens is 1. The van der Waals surface area contributed by atoms with Crippen LogP contribution in [0.3, 0.4) is 0 Å². The van der Waals surface area contributed by atoms with Gasteiger partial charge in [-0.2, -0.15) is 0 Å². The lowest BCUT2D eigenvalue weighted by Crippen LogP contribution is -2.27. The number of nitrogens with one attached hydrogen (secondary N) is 1. The van der Waals surface area contributed by atoms with Crippen LogP contribution in [-0.2, 0) is 11.3 Å². The van der Waals surface area contributed by atoms with E-state index in [-0.39, 0.29) is 23.9 Å². The maximum absolute atomic E-state index is 13.6. The van der Waals surface area contributed by atoms with E-state index in [1.807, 2.05) is 0 Å². The number of benzene rings is 1. The highest BCUT2D eigenvalue weighted by molar-refractivity contribution is 5.90. The van der Waals surface area contributed by atoms with Gasteiger partial charge in [0.05, 0.1) is 30.1 Å². The fraction of sp³-hybridized carbons (Fsp3) is 0.211. The summed E-state index contributed by atoms with van der Waals surface area (Å²) >= 11 is 0. The van der Waals surface area contributed by atoms with E-state index in [0.29, 0.717) is 11.6 Å². The normalized spacial score (nSPS) is 13.2. The third-order valence-corrected chi connectivity index (χ3v) is 4.16. The number of nitrogens with zero attached hydrogens (tertiary/aromatic N) is 4. The van der Waals surface area contributed by atoms with Gasteiger partial charge in [0.2, 0.25) is 5.91 Å². The lowest BCUT2D eigenvalue weighted by atomic mass is 10.3. The fourth-order valence-corrected chi connectivity index (χ4v) is 2.58. The molecule has 9 heteroatoms. The van der Waals surface area contributed by atoms with Crippen LogP contribution in [0.5, 0.6) is 11.8 Å². The second kappa shape index (κ2) is 7.55. The molecule has 0 atom stereocenters. The molecule has 1 saturated carbocycles. The standard InChI is InChI=1S/C19H16FN5O3/c20-14-3-1-2-4-16(14)28-19-21-8-13(9-22-19)24-17(26)10-25-11-23-15(7-18(25)27)12-5-6-12/h1-4,7-9,11-12H,5-6,10H2,(H,24,26). The molecular weight excluding hydrogens is 365 g/mol. The summed E-state index contributed by atoms with van der Waals surface area (Å²) in [7, 11) is 0. The fourth-order valence-electron chi connectivity index (χ4n) is 2.58. The average Bonchev–Trinajstić information content (AvgIpc) is 3.52. The third kappa shape index (κ3) is 4.20. The van der Waals surface area contributed by atoms with Crippen molar-refractivity contribution in [2.45, 2.75) is 25.3 Å². The van der Waals surface area contributed by atoms with E-state index in [2.05, 4.69) is 20.3 Å². The van der Waals surface area contributed by atoms with E-state index in [9.17, 15) is 14.0 Å². The summed E-state index contributed by atoms with van der Waals surface area (Å²) in [6.07, 6.45) is 6.15. The molecule has 4 rings (SSSR count). The first-order chi connectivity index (χ1) is 13.6. The minimum atomic E-state index is -0.532. The highest BCUT2D eigenvalue weighted by atomic mass is 19.1. The van der Waals surface area contributed by atoms with Crippen LogP contribution in [0.4, 0.5) is 10.1 Å². The molecule has 0 saturated heterocycles. The summed E-state index contributed by atoms with van der Waals surface area (Å²) in [4.78, 5) is 36.3. The molecule has 1 aliphatic rings. The number of carbonyl (C=O) groups is 1. The largest absolute Gasteiger partial charge is 0.421 e. The molecule has 1 fully saturated rings. The number of amides is 1. The second-order valence-electron chi connectivity index (χ2n) is 6.39. The van der Waals surface area contributed by atoms with E-state index in [1.165, 1.54) is 41.5 Å². The predicted molar refractivity (Wildman–Crippen MR) is 97.6 cm³/mol. The van der Waals surface area contributed by atoms with Crippen LogP contribution in [-0.4, -0.2) is 25.4 Å². The zero-order chi connectivity index (χ0) is 19.5. The van der Waals surface area contributed by atoms with Crippen molar-refractivity contribution in [2.24, 2.45) is 0 Å². The minimum Gasteiger partial charge on any atom is -0.421 e. The first-order valence-corrected chi connectivity index (χ1v) is 8.69. The van der Waals surface area contributed by atoms with Crippen LogP contribution in [0.25, 0.3) is 0 Å². The van der Waals surface area contributed by atoms with Gasteiger partial charge in [-0.1, -0.05) is 12.1 Å². The molecule has 2 aromatic heterocycles. The summed E-state index contributed by atoms with van der Waals surface area (Å²) in [5.41, 5.74) is 0.832. The van der Waals surface area contributed by atoms with Gasteiger partial charge in [0, 0.05) is 12.0 Å². The molecule has 0 radical (unpaired) electrons. The number of para-hydroxylation sites is 1. The van der Waals surface area contributed by atoms with E-state index in [1.54, 1.807) is 12.1 Å². The Morgan fingerprint density at radius 1 is 1.21 bits per heavy atom. The zero-order valence-electron chi connectivity index (χ0n) is 14.7. The molecule has 1 N–H and O–H groups in total. The quantitative estimate of drug-likeness (QED) is 0.704. The summed E-state index contributed by atoms with van der Waals surface area (Å²) < 4.78 is 20.1. The Balaban J connectivity index is 1.37. The maximum atomic E-state index is 13.6. The lowest BCUT2D eigenvalue weighted by molar-refractivity contribution is -0.116. The van der Waals surface area contributed by atoms with Crippen LogP contribution in [0.15, 0.2) is 53.8 Å². The predicted octanol–water partition coefficient (Wildman–Crippen LogP) is 2.48. The Morgan fingerprint density at radius 3 is 2.64 bits per heavy atom. The molecular formula is C19H16FN5O3. The van der Waals surface area contributed by atoms with Gasteiger partial charge in [0.25, 0.3) is 5.56 Å². The van der Waals surface area contributed by atoms with E-state index in [0.717, 1.165) is 18.5 Å². The second-order valence-corrected chi connectivity index (χ2v) is 6.39. The van der Waals surface area contributed by atoms with E-state index >= 15 is 0 Å². The first-order valence-electron chi connectivity index (χ1n) is 8.69. The summed E-state index contributed by atoms with van der Waals surface area (Å²) in [6.45, 7) is -0.176. The van der Waals surface area contributed by atoms with Gasteiger partial charge in [-0.25, -0.2) is 19.3 Å². The van der Waals surface area contributed by atoms with Crippen molar-refractivity contribution >= 4 is 11.6 Å². The van der Waals surface area contributed by atoms with Gasteiger partial charge in [0.1, 0.15) is 6.54 Å².